The Morgan fingerprint density at radius 2 is 1.25 bits per heavy atom. The van der Waals surface area contributed by atoms with Crippen LogP contribution in [0.1, 0.15) is 54.0 Å². The first kappa shape index (κ1) is 48.0. The minimum absolute atomic E-state index is 0.0711. The summed E-state index contributed by atoms with van der Waals surface area (Å²) in [5.74, 6) is -5.39. The third-order valence-electron chi connectivity index (χ3n) is 8.15. The van der Waals surface area contributed by atoms with Crippen molar-refractivity contribution in [3.8, 4) is 5.75 Å². The maximum absolute atomic E-state index is 15.5. The van der Waals surface area contributed by atoms with Gasteiger partial charge in [-0.05, 0) is 38.1 Å². The largest absolute Gasteiger partial charge is 0.497 e. The van der Waals surface area contributed by atoms with Gasteiger partial charge in [0.2, 0.25) is 10.8 Å². The Labute approximate surface area is 350 Å². The zero-order valence-corrected chi connectivity index (χ0v) is 35.4. The van der Waals surface area contributed by atoms with Crippen molar-refractivity contribution in [2.75, 3.05) is 45.4 Å². The number of nitrogens with zero attached hydrogens (tertiary/aromatic N) is 4. The molecule has 21 heteroatoms. The number of hydrazone groups is 1. The van der Waals surface area contributed by atoms with Crippen molar-refractivity contribution in [1.82, 2.24) is 9.91 Å². The normalized spacial score (nSPS) is 16.8. The van der Waals surface area contributed by atoms with Crippen LogP contribution in [0.15, 0.2) is 59.7 Å². The Balaban J connectivity index is 2.40. The van der Waals surface area contributed by atoms with Crippen molar-refractivity contribution in [3.63, 3.8) is 0 Å². The number of benzene rings is 2. The number of thioether (sulfide) groups is 1. The lowest BCUT2D eigenvalue weighted by Gasteiger charge is -2.46. The van der Waals surface area contributed by atoms with Gasteiger partial charge in [-0.3, -0.25) is 28.8 Å². The highest BCUT2D eigenvalue weighted by atomic mass is 32.2. The van der Waals surface area contributed by atoms with Crippen molar-refractivity contribution < 1.29 is 76.3 Å². The van der Waals surface area contributed by atoms with Gasteiger partial charge in [0.1, 0.15) is 12.4 Å². The standard InChI is InChI=1S/C39H48N4O16S/c1-10-53-37(50)43-39(60-38(51)54-11-2,28-15-13-12-14-16-28)35(49)42(29-17-19-30(52-9)20-18-29)36(40-43)41(8)21-31(56-24(4)45)33(58-26(6)47)34(59-27(7)48)32(57-25(5)46)22-55-23(3)44/h12-20,31-34H,10-11,21-22H2,1-9H3/t31-,32+,33+,34+,39?/m0/s1. The van der Waals surface area contributed by atoms with Gasteiger partial charge in [0, 0.05) is 59.0 Å². The van der Waals surface area contributed by atoms with Crippen LogP contribution >= 0.6 is 11.8 Å². The van der Waals surface area contributed by atoms with E-state index < -0.39 is 89.6 Å². The third kappa shape index (κ3) is 12.3. The molecule has 1 aliphatic rings. The monoisotopic (exact) mass is 860 g/mol. The number of amides is 2. The van der Waals surface area contributed by atoms with E-state index in [1.165, 1.54) is 50.2 Å². The first-order valence-electron chi connectivity index (χ1n) is 18.4. The van der Waals surface area contributed by atoms with Crippen LogP contribution in [0.3, 0.4) is 0 Å². The topological polar surface area (TPSA) is 232 Å². The van der Waals surface area contributed by atoms with Gasteiger partial charge in [-0.15, -0.1) is 5.10 Å². The lowest BCUT2D eigenvalue weighted by atomic mass is 10.0. The summed E-state index contributed by atoms with van der Waals surface area (Å²) in [6, 6.07) is 14.0. The Kier molecular flexibility index (Phi) is 17.7. The van der Waals surface area contributed by atoms with Crippen molar-refractivity contribution in [2.24, 2.45) is 5.10 Å². The molecule has 0 bridgehead atoms. The fraction of sp³-hybridized carbons (Fsp3) is 0.462. The summed E-state index contributed by atoms with van der Waals surface area (Å²) in [7, 11) is 2.82. The second-order valence-corrected chi connectivity index (χ2v) is 13.8. The molecule has 0 fully saturated rings. The first-order chi connectivity index (χ1) is 28.4. The molecule has 60 heavy (non-hydrogen) atoms. The number of anilines is 1. The fourth-order valence-corrected chi connectivity index (χ4v) is 6.95. The van der Waals surface area contributed by atoms with Crippen LogP contribution in [0.4, 0.5) is 15.3 Å². The Morgan fingerprint density at radius 1 is 0.717 bits per heavy atom. The molecule has 326 valence electrons. The molecule has 1 unspecified atom stereocenters. The quantitative estimate of drug-likeness (QED) is 0.163. The van der Waals surface area contributed by atoms with Crippen LogP contribution in [0.5, 0.6) is 5.75 Å². The van der Waals surface area contributed by atoms with E-state index >= 15 is 4.79 Å². The van der Waals surface area contributed by atoms with E-state index in [9.17, 15) is 33.6 Å². The van der Waals surface area contributed by atoms with E-state index in [2.05, 4.69) is 5.10 Å². The zero-order valence-electron chi connectivity index (χ0n) is 34.6. The molecule has 1 heterocycles. The molecular formula is C39H48N4O16S. The molecule has 0 N–H and O–H groups in total. The van der Waals surface area contributed by atoms with E-state index in [-0.39, 0.29) is 30.4 Å². The summed E-state index contributed by atoms with van der Waals surface area (Å²) < 4.78 is 43.2. The van der Waals surface area contributed by atoms with Crippen molar-refractivity contribution in [1.29, 1.82) is 0 Å². The lowest BCUT2D eigenvalue weighted by Crippen LogP contribution is -2.65. The average Bonchev–Trinajstić information content (AvgIpc) is 3.18. The van der Waals surface area contributed by atoms with Crippen LogP contribution in [0, 0.1) is 0 Å². The minimum atomic E-state index is -2.30. The molecule has 0 radical (unpaired) electrons. The maximum atomic E-state index is 15.5. The Bertz CT molecular complexity index is 1910. The van der Waals surface area contributed by atoms with Gasteiger partial charge in [0.05, 0.1) is 32.6 Å². The van der Waals surface area contributed by atoms with E-state index in [4.69, 9.17) is 37.9 Å². The molecule has 2 amide bonds. The summed E-state index contributed by atoms with van der Waals surface area (Å²) in [6.07, 6.45) is -7.99. The predicted octanol–water partition coefficient (Wildman–Crippen LogP) is 3.74. The number of rotatable bonds is 17. The minimum Gasteiger partial charge on any atom is -0.497 e. The maximum Gasteiger partial charge on any atom is 0.432 e. The number of esters is 5. The summed E-state index contributed by atoms with van der Waals surface area (Å²) in [5.41, 5.74) is 0.278. The van der Waals surface area contributed by atoms with Gasteiger partial charge in [-0.25, -0.2) is 14.5 Å². The van der Waals surface area contributed by atoms with Gasteiger partial charge >= 0.3 is 41.2 Å². The van der Waals surface area contributed by atoms with Crippen LogP contribution in [-0.2, 0) is 66.8 Å². The van der Waals surface area contributed by atoms with Gasteiger partial charge in [0.25, 0.3) is 5.91 Å². The molecule has 2 aromatic carbocycles. The molecular weight excluding hydrogens is 813 g/mol. The molecule has 0 aromatic heterocycles. The Hall–Kier alpha value is -6.38. The van der Waals surface area contributed by atoms with Crippen molar-refractivity contribution in [2.45, 2.75) is 77.8 Å². The third-order valence-corrected chi connectivity index (χ3v) is 9.32. The van der Waals surface area contributed by atoms with Crippen molar-refractivity contribution in [3.05, 3.63) is 60.2 Å². The number of methoxy groups -OCH3 is 1. The summed E-state index contributed by atoms with van der Waals surface area (Å²) in [6.45, 7) is 6.75. The number of carbonyl (C=O) groups excluding carboxylic acids is 8. The summed E-state index contributed by atoms with van der Waals surface area (Å²) in [5, 5.41) is 4.41. The van der Waals surface area contributed by atoms with Crippen LogP contribution in [0.25, 0.3) is 0 Å². The SMILES string of the molecule is CCOC(=O)SC1(c2ccccc2)C(=O)N(c2ccc(OC)cc2)C(N(C)C[C@H](OC(C)=O)[C@@H](OC(C)=O)[C@H](OC(C)=O)[C@@H](COC(C)=O)OC(C)=O)=NN1C(=O)OCC. The predicted molar refractivity (Wildman–Crippen MR) is 211 cm³/mol. The van der Waals surface area contributed by atoms with Gasteiger partial charge in [0.15, 0.2) is 24.4 Å². The molecule has 0 saturated carbocycles. The summed E-state index contributed by atoms with van der Waals surface area (Å²) >= 11 is 0.364. The highest BCUT2D eigenvalue weighted by Gasteiger charge is 2.59. The number of carbonyl (C=O) groups is 8. The molecule has 3 rings (SSSR count). The van der Waals surface area contributed by atoms with Crippen LogP contribution in [-0.4, -0.2) is 128 Å². The second kappa shape index (κ2) is 22.1. The van der Waals surface area contributed by atoms with Gasteiger partial charge in [-0.1, -0.05) is 30.3 Å². The number of hydrogen-bond donors (Lipinski definition) is 0. The second-order valence-electron chi connectivity index (χ2n) is 12.7. The van der Waals surface area contributed by atoms with E-state index in [0.29, 0.717) is 22.5 Å². The van der Waals surface area contributed by atoms with Crippen LogP contribution in [0.2, 0.25) is 0 Å². The fourth-order valence-electron chi connectivity index (χ4n) is 5.90. The van der Waals surface area contributed by atoms with E-state index in [0.717, 1.165) is 39.5 Å². The van der Waals surface area contributed by atoms with Crippen LogP contribution < -0.4 is 9.64 Å². The lowest BCUT2D eigenvalue weighted by molar-refractivity contribution is -0.203. The van der Waals surface area contributed by atoms with E-state index in [1.807, 2.05) is 0 Å². The molecule has 0 spiro atoms. The molecule has 5 atom stereocenters. The van der Waals surface area contributed by atoms with E-state index in [1.54, 1.807) is 37.3 Å². The molecule has 0 aliphatic carbocycles. The molecule has 1 aliphatic heterocycles. The van der Waals surface area contributed by atoms with Gasteiger partial charge in [-0.2, -0.15) is 5.01 Å². The number of likely N-dealkylation sites (N-methyl/N-ethyl adjacent to an activating group) is 1. The highest BCUT2D eigenvalue weighted by Crippen LogP contribution is 2.47. The summed E-state index contributed by atoms with van der Waals surface area (Å²) in [4.78, 5) is 105. The molecule has 20 nitrogen and oxygen atoms in total. The van der Waals surface area contributed by atoms with Gasteiger partial charge < -0.3 is 42.8 Å². The number of guanidine groups is 1. The highest BCUT2D eigenvalue weighted by molar-refractivity contribution is 8.14. The smallest absolute Gasteiger partial charge is 0.432 e. The number of hydrogen-bond acceptors (Lipinski definition) is 19. The average molecular weight is 861 g/mol. The van der Waals surface area contributed by atoms with Crippen molar-refractivity contribution >= 4 is 70.6 Å². The Morgan fingerprint density at radius 3 is 1.75 bits per heavy atom. The number of ether oxygens (including phenoxy) is 8. The zero-order chi connectivity index (χ0) is 44.7. The molecule has 0 saturated heterocycles. The first-order valence-corrected chi connectivity index (χ1v) is 19.2. The molecule has 2 aromatic rings.